The molecule has 0 spiro atoms. The molecule has 28 heavy (non-hydrogen) atoms. The molecule has 0 bridgehead atoms. The van der Waals surface area contributed by atoms with Gasteiger partial charge < -0.3 is 4.90 Å². The van der Waals surface area contributed by atoms with E-state index in [1.807, 2.05) is 73.3 Å². The molecule has 0 saturated heterocycles. The van der Waals surface area contributed by atoms with Crippen LogP contribution in [0.15, 0.2) is 60.7 Å². The maximum atomic E-state index is 13.9. The van der Waals surface area contributed by atoms with Crippen LogP contribution in [0.1, 0.15) is 35.6 Å². The van der Waals surface area contributed by atoms with Gasteiger partial charge in [0.2, 0.25) is 0 Å². The minimum Gasteiger partial charge on any atom is -0.333 e. The third-order valence-corrected chi connectivity index (χ3v) is 5.16. The molecule has 0 amide bonds. The van der Waals surface area contributed by atoms with Crippen LogP contribution in [0.2, 0.25) is 0 Å². The van der Waals surface area contributed by atoms with Crippen molar-refractivity contribution >= 4 is 11.4 Å². The molecule has 3 aromatic carbocycles. The van der Waals surface area contributed by atoms with Crippen molar-refractivity contribution < 1.29 is 13.2 Å². The molecule has 1 aliphatic rings. The average molecular weight is 381 g/mol. The summed E-state index contributed by atoms with van der Waals surface area (Å²) >= 11 is 0. The highest BCUT2D eigenvalue weighted by Gasteiger charge is 2.47. The summed E-state index contributed by atoms with van der Waals surface area (Å²) < 4.78 is 41.8. The van der Waals surface area contributed by atoms with Gasteiger partial charge in [0.1, 0.15) is 0 Å². The van der Waals surface area contributed by atoms with Crippen molar-refractivity contribution in [3.8, 4) is 11.1 Å². The first kappa shape index (κ1) is 18.6. The lowest BCUT2D eigenvalue weighted by Gasteiger charge is -2.13. The molecule has 1 aliphatic heterocycles. The van der Waals surface area contributed by atoms with Gasteiger partial charge in [-0.05, 0) is 36.1 Å². The molecule has 0 radical (unpaired) electrons. The van der Waals surface area contributed by atoms with Gasteiger partial charge in [-0.1, -0.05) is 73.5 Å². The number of hydrogen-bond acceptors (Lipinski definition) is 1. The molecule has 0 N–H and O–H groups in total. The minimum absolute atomic E-state index is 0.346. The highest BCUT2D eigenvalue weighted by molar-refractivity contribution is 6.06. The number of benzene rings is 3. The summed E-state index contributed by atoms with van der Waals surface area (Å²) in [5.41, 5.74) is 4.95. The Bertz CT molecular complexity index is 1010. The van der Waals surface area contributed by atoms with Crippen molar-refractivity contribution in [3.63, 3.8) is 0 Å². The van der Waals surface area contributed by atoms with E-state index < -0.39 is 11.7 Å². The molecule has 0 aliphatic carbocycles. The SMILES string of the molecule is CCCc1cc(-c2ccccc2)c2c(c1C(F)(F)F)N2Cc1cccc(C)c1. The lowest BCUT2D eigenvalue weighted by Crippen LogP contribution is -2.10. The number of nitrogens with zero attached hydrogens (tertiary/aromatic N) is 1. The van der Waals surface area contributed by atoms with E-state index in [4.69, 9.17) is 0 Å². The van der Waals surface area contributed by atoms with Crippen molar-refractivity contribution in [2.24, 2.45) is 0 Å². The van der Waals surface area contributed by atoms with E-state index >= 15 is 0 Å². The van der Waals surface area contributed by atoms with Crippen LogP contribution in [0.3, 0.4) is 0 Å². The number of anilines is 2. The van der Waals surface area contributed by atoms with Gasteiger partial charge in [-0.2, -0.15) is 13.2 Å². The maximum Gasteiger partial charge on any atom is 0.418 e. The standard InChI is InChI=1S/C24H22F3N/c1-3-8-19-14-20(18-11-5-4-6-12-18)22-23(21(19)24(25,26)27)28(22)15-17-10-7-9-16(2)13-17/h4-7,9-14H,3,8,15H2,1-2H3. The second-order valence-corrected chi connectivity index (χ2v) is 7.34. The molecule has 1 nitrogen and oxygen atoms in total. The summed E-state index contributed by atoms with van der Waals surface area (Å²) in [6.07, 6.45) is -3.26. The predicted molar refractivity (Wildman–Crippen MR) is 108 cm³/mol. The molecule has 0 saturated carbocycles. The molecule has 0 aromatic heterocycles. The van der Waals surface area contributed by atoms with Gasteiger partial charge in [0.25, 0.3) is 0 Å². The number of rotatable bonds is 5. The molecule has 0 fully saturated rings. The Morgan fingerprint density at radius 3 is 2.29 bits per heavy atom. The number of fused-ring (bicyclic) bond motifs is 1. The summed E-state index contributed by atoms with van der Waals surface area (Å²) in [6.45, 7) is 4.36. The van der Waals surface area contributed by atoms with E-state index in [0.29, 0.717) is 36.3 Å². The van der Waals surface area contributed by atoms with Gasteiger partial charge in [0.15, 0.2) is 0 Å². The first-order chi connectivity index (χ1) is 13.4. The fourth-order valence-electron chi connectivity index (χ4n) is 3.96. The number of aryl methyl sites for hydroxylation is 2. The van der Waals surface area contributed by atoms with Gasteiger partial charge in [0, 0.05) is 12.1 Å². The average Bonchev–Trinajstić information content (AvgIpc) is 3.34. The Morgan fingerprint density at radius 1 is 0.893 bits per heavy atom. The van der Waals surface area contributed by atoms with Crippen molar-refractivity contribution in [1.82, 2.24) is 0 Å². The summed E-state index contributed by atoms with van der Waals surface area (Å²) in [5.74, 6) is 0. The van der Waals surface area contributed by atoms with Crippen molar-refractivity contribution in [3.05, 3.63) is 82.9 Å². The second-order valence-electron chi connectivity index (χ2n) is 7.34. The van der Waals surface area contributed by atoms with Crippen molar-refractivity contribution in [1.29, 1.82) is 0 Å². The highest BCUT2D eigenvalue weighted by atomic mass is 19.4. The van der Waals surface area contributed by atoms with E-state index in [2.05, 4.69) is 0 Å². The fourth-order valence-corrected chi connectivity index (χ4v) is 3.96. The number of hydrogen-bond donors (Lipinski definition) is 0. The third-order valence-electron chi connectivity index (χ3n) is 5.16. The number of alkyl halides is 3. The Labute approximate surface area is 163 Å². The van der Waals surface area contributed by atoms with Crippen LogP contribution in [0.4, 0.5) is 24.5 Å². The largest absolute Gasteiger partial charge is 0.418 e. The molecule has 0 atom stereocenters. The van der Waals surface area contributed by atoms with Crippen molar-refractivity contribution in [2.45, 2.75) is 39.4 Å². The van der Waals surface area contributed by atoms with Gasteiger partial charge in [-0.3, -0.25) is 0 Å². The minimum atomic E-state index is -4.36. The Hall–Kier alpha value is -2.75. The fraction of sp³-hybridized carbons (Fsp3) is 0.250. The summed E-state index contributed by atoms with van der Waals surface area (Å²) in [7, 11) is 0. The molecule has 1 heterocycles. The molecule has 0 unspecified atom stereocenters. The lowest BCUT2D eigenvalue weighted by atomic mass is 9.96. The molecule has 3 aromatic rings. The monoisotopic (exact) mass is 381 g/mol. The van der Waals surface area contributed by atoms with E-state index in [1.165, 1.54) is 0 Å². The lowest BCUT2D eigenvalue weighted by molar-refractivity contribution is -0.137. The van der Waals surface area contributed by atoms with Gasteiger partial charge in [-0.15, -0.1) is 0 Å². The smallest absolute Gasteiger partial charge is 0.333 e. The van der Waals surface area contributed by atoms with E-state index in [0.717, 1.165) is 22.3 Å². The van der Waals surface area contributed by atoms with E-state index in [1.54, 1.807) is 6.07 Å². The highest BCUT2D eigenvalue weighted by Crippen LogP contribution is 2.61. The zero-order valence-corrected chi connectivity index (χ0v) is 16.0. The van der Waals surface area contributed by atoms with Crippen LogP contribution in [0.25, 0.3) is 11.1 Å². The molecule has 4 heteroatoms. The summed E-state index contributed by atoms with van der Waals surface area (Å²) in [6, 6.07) is 19.4. The molecular weight excluding hydrogens is 359 g/mol. The normalized spacial score (nSPS) is 12.8. The zero-order chi connectivity index (χ0) is 19.9. The second kappa shape index (κ2) is 7.01. The molecule has 144 valence electrons. The van der Waals surface area contributed by atoms with Gasteiger partial charge >= 0.3 is 6.18 Å². The first-order valence-electron chi connectivity index (χ1n) is 9.55. The topological polar surface area (TPSA) is 3.01 Å². The van der Waals surface area contributed by atoms with Gasteiger partial charge in [-0.25, -0.2) is 0 Å². The quantitative estimate of drug-likeness (QED) is 0.420. The Kier molecular flexibility index (Phi) is 4.66. The maximum absolute atomic E-state index is 13.9. The van der Waals surface area contributed by atoms with E-state index in [-0.39, 0.29) is 0 Å². The molecule has 4 rings (SSSR count). The molecular formula is C24H22F3N. The van der Waals surface area contributed by atoms with Crippen LogP contribution < -0.4 is 4.90 Å². The Morgan fingerprint density at radius 2 is 1.64 bits per heavy atom. The predicted octanol–water partition coefficient (Wildman–Crippen LogP) is 7.29. The van der Waals surface area contributed by atoms with Crippen LogP contribution in [-0.2, 0) is 19.1 Å². The van der Waals surface area contributed by atoms with Crippen LogP contribution in [0, 0.1) is 6.92 Å². The van der Waals surface area contributed by atoms with Crippen LogP contribution in [-0.4, -0.2) is 0 Å². The van der Waals surface area contributed by atoms with Gasteiger partial charge in [0.05, 0.1) is 16.9 Å². The first-order valence-corrected chi connectivity index (χ1v) is 9.55. The third kappa shape index (κ3) is 3.39. The zero-order valence-electron chi connectivity index (χ0n) is 16.0. The number of halogens is 3. The Balaban J connectivity index is 1.85. The summed E-state index contributed by atoms with van der Waals surface area (Å²) in [4.78, 5) is 1.82. The van der Waals surface area contributed by atoms with E-state index in [9.17, 15) is 13.2 Å². The summed E-state index contributed by atoms with van der Waals surface area (Å²) in [5, 5.41) is 0. The van der Waals surface area contributed by atoms with Crippen LogP contribution in [0.5, 0.6) is 0 Å². The van der Waals surface area contributed by atoms with Crippen LogP contribution >= 0.6 is 0 Å². The van der Waals surface area contributed by atoms with Crippen molar-refractivity contribution in [2.75, 3.05) is 4.90 Å².